The van der Waals surface area contributed by atoms with E-state index in [1.54, 1.807) is 29.7 Å². The number of nitrogens with one attached hydrogen (secondary N) is 1. The van der Waals surface area contributed by atoms with Gasteiger partial charge in [-0.15, -0.1) is 0 Å². The molecule has 1 aliphatic rings. The minimum Gasteiger partial charge on any atom is -0.462 e. The van der Waals surface area contributed by atoms with Gasteiger partial charge in [0.25, 0.3) is 5.91 Å². The molecule has 1 fully saturated rings. The second kappa shape index (κ2) is 10.8. The van der Waals surface area contributed by atoms with Gasteiger partial charge in [0.1, 0.15) is 9.84 Å². The highest BCUT2D eigenvalue weighted by atomic mass is 32.2. The fourth-order valence-corrected chi connectivity index (χ4v) is 6.19. The summed E-state index contributed by atoms with van der Waals surface area (Å²) in [5, 5.41) is 2.97. The average molecular weight is 532 g/mol. The molecule has 8 nitrogen and oxygen atoms in total. The summed E-state index contributed by atoms with van der Waals surface area (Å²) >= 11 is 0. The van der Waals surface area contributed by atoms with E-state index in [0.717, 1.165) is 16.7 Å². The molecule has 0 saturated carbocycles. The van der Waals surface area contributed by atoms with E-state index >= 15 is 0 Å². The van der Waals surface area contributed by atoms with Crippen LogP contribution in [0, 0.1) is 0 Å². The Morgan fingerprint density at radius 1 is 0.974 bits per heavy atom. The Kier molecular flexibility index (Phi) is 7.28. The lowest BCUT2D eigenvalue weighted by Crippen LogP contribution is -2.41. The number of sulfone groups is 1. The Morgan fingerprint density at radius 2 is 1.66 bits per heavy atom. The number of fused-ring (bicyclic) bond motifs is 1. The summed E-state index contributed by atoms with van der Waals surface area (Å²) in [5.74, 6) is -0.481. The van der Waals surface area contributed by atoms with Crippen LogP contribution in [-0.2, 0) is 21.1 Å². The normalized spacial score (nSPS) is 15.3. The molecule has 0 unspecified atom stereocenters. The van der Waals surface area contributed by atoms with Crippen LogP contribution in [-0.4, -0.2) is 54.0 Å². The molecule has 3 aromatic carbocycles. The minimum absolute atomic E-state index is 0.0605. The summed E-state index contributed by atoms with van der Waals surface area (Å²) in [6.45, 7) is 2.37. The molecule has 196 valence electrons. The molecule has 38 heavy (non-hydrogen) atoms. The molecule has 0 aliphatic carbocycles. The lowest BCUT2D eigenvalue weighted by atomic mass is 10.0. The van der Waals surface area contributed by atoms with Crippen molar-refractivity contribution in [1.29, 1.82) is 0 Å². The Bertz CT molecular complexity index is 1560. The average Bonchev–Trinajstić information content (AvgIpc) is 3.28. The summed E-state index contributed by atoms with van der Waals surface area (Å²) in [7, 11) is -3.04. The predicted molar refractivity (Wildman–Crippen MR) is 146 cm³/mol. The van der Waals surface area contributed by atoms with Gasteiger partial charge in [0.2, 0.25) is 0 Å². The highest BCUT2D eigenvalue weighted by Gasteiger charge is 2.27. The number of carbonyl (C=O) groups excluding carboxylic acids is 2. The monoisotopic (exact) mass is 531 g/mol. The van der Waals surface area contributed by atoms with Gasteiger partial charge in [0.15, 0.2) is 5.82 Å². The molecule has 0 spiro atoms. The van der Waals surface area contributed by atoms with Crippen molar-refractivity contribution in [2.45, 2.75) is 32.4 Å². The largest absolute Gasteiger partial charge is 0.462 e. The Labute approximate surface area is 221 Å². The molecule has 0 bridgehead atoms. The maximum Gasteiger partial charge on any atom is 0.338 e. The van der Waals surface area contributed by atoms with Crippen molar-refractivity contribution >= 4 is 32.7 Å². The van der Waals surface area contributed by atoms with Gasteiger partial charge in [-0.3, -0.25) is 4.79 Å². The molecule has 1 saturated heterocycles. The number of ether oxygens (including phenoxy) is 1. The van der Waals surface area contributed by atoms with E-state index in [1.807, 2.05) is 54.6 Å². The van der Waals surface area contributed by atoms with Crippen LogP contribution in [0.15, 0.2) is 72.8 Å². The van der Waals surface area contributed by atoms with Crippen molar-refractivity contribution in [2.75, 3.05) is 18.1 Å². The van der Waals surface area contributed by atoms with Crippen molar-refractivity contribution in [1.82, 2.24) is 14.9 Å². The first-order valence-corrected chi connectivity index (χ1v) is 14.5. The number of hydrogen-bond donors (Lipinski definition) is 1. The SMILES string of the molecule is CCOC(=O)c1ccc2nc(C(=O)NC3CCS(=O)(=O)CC3)n(Cc3ccc(-c4ccccc4)cc3)c2c1. The van der Waals surface area contributed by atoms with Crippen LogP contribution in [0.25, 0.3) is 22.2 Å². The van der Waals surface area contributed by atoms with E-state index in [2.05, 4.69) is 10.3 Å². The number of benzene rings is 3. The highest BCUT2D eigenvalue weighted by Crippen LogP contribution is 2.24. The van der Waals surface area contributed by atoms with E-state index in [9.17, 15) is 18.0 Å². The molecule has 4 aromatic rings. The number of esters is 1. The third-order valence-corrected chi connectivity index (χ3v) is 8.47. The van der Waals surface area contributed by atoms with Gasteiger partial charge < -0.3 is 14.6 Å². The lowest BCUT2D eigenvalue weighted by Gasteiger charge is -2.23. The zero-order valence-electron chi connectivity index (χ0n) is 21.1. The Morgan fingerprint density at radius 3 is 2.34 bits per heavy atom. The van der Waals surface area contributed by atoms with E-state index in [-0.39, 0.29) is 35.9 Å². The minimum atomic E-state index is -3.04. The van der Waals surface area contributed by atoms with Crippen molar-refractivity contribution in [2.24, 2.45) is 0 Å². The molecule has 1 amide bonds. The van der Waals surface area contributed by atoms with Crippen LogP contribution in [0.3, 0.4) is 0 Å². The zero-order valence-corrected chi connectivity index (χ0v) is 21.9. The van der Waals surface area contributed by atoms with Crippen LogP contribution in [0.1, 0.15) is 46.3 Å². The van der Waals surface area contributed by atoms with E-state index < -0.39 is 15.8 Å². The van der Waals surface area contributed by atoms with Crippen molar-refractivity contribution in [3.05, 3.63) is 89.7 Å². The summed E-state index contributed by atoms with van der Waals surface area (Å²) in [5.41, 5.74) is 4.75. The van der Waals surface area contributed by atoms with Crippen molar-refractivity contribution in [3.8, 4) is 11.1 Å². The van der Waals surface area contributed by atoms with Crippen LogP contribution >= 0.6 is 0 Å². The third-order valence-electron chi connectivity index (χ3n) is 6.75. The van der Waals surface area contributed by atoms with Gasteiger partial charge in [-0.05, 0) is 54.7 Å². The van der Waals surface area contributed by atoms with Crippen LogP contribution in [0.5, 0.6) is 0 Å². The first kappa shape index (κ1) is 25.7. The van der Waals surface area contributed by atoms with Crippen molar-refractivity contribution in [3.63, 3.8) is 0 Å². The molecule has 2 heterocycles. The second-order valence-corrected chi connectivity index (χ2v) is 11.7. The van der Waals surface area contributed by atoms with Crippen molar-refractivity contribution < 1.29 is 22.7 Å². The second-order valence-electron chi connectivity index (χ2n) is 9.41. The fraction of sp³-hybridized carbons (Fsp3) is 0.276. The highest BCUT2D eigenvalue weighted by molar-refractivity contribution is 7.91. The predicted octanol–water partition coefficient (Wildman–Crippen LogP) is 4.24. The lowest BCUT2D eigenvalue weighted by molar-refractivity contribution is 0.0526. The molecule has 1 aromatic heterocycles. The summed E-state index contributed by atoms with van der Waals surface area (Å²) in [6.07, 6.45) is 0.754. The number of rotatable bonds is 7. The van der Waals surface area contributed by atoms with Gasteiger partial charge in [-0.1, -0.05) is 54.6 Å². The van der Waals surface area contributed by atoms with Crippen LogP contribution in [0.4, 0.5) is 0 Å². The van der Waals surface area contributed by atoms with Gasteiger partial charge in [-0.25, -0.2) is 18.2 Å². The topological polar surface area (TPSA) is 107 Å². The summed E-state index contributed by atoms with van der Waals surface area (Å²) < 4.78 is 30.6. The molecule has 1 N–H and O–H groups in total. The number of hydrogen-bond acceptors (Lipinski definition) is 6. The van der Waals surface area contributed by atoms with Crippen LogP contribution in [0.2, 0.25) is 0 Å². The molecular weight excluding hydrogens is 502 g/mol. The van der Waals surface area contributed by atoms with Crippen LogP contribution < -0.4 is 5.32 Å². The van der Waals surface area contributed by atoms with Gasteiger partial charge in [-0.2, -0.15) is 0 Å². The fourth-order valence-electron chi connectivity index (χ4n) is 4.70. The Balaban J connectivity index is 1.48. The summed E-state index contributed by atoms with van der Waals surface area (Å²) in [4.78, 5) is 30.4. The molecule has 1 aliphatic heterocycles. The van der Waals surface area contributed by atoms with Gasteiger partial charge >= 0.3 is 5.97 Å². The third kappa shape index (κ3) is 5.62. The zero-order chi connectivity index (χ0) is 26.7. The molecule has 9 heteroatoms. The maximum atomic E-state index is 13.4. The first-order valence-electron chi connectivity index (χ1n) is 12.7. The number of carbonyl (C=O) groups is 2. The smallest absolute Gasteiger partial charge is 0.338 e. The standard InChI is InChI=1S/C29H29N3O5S/c1-2-37-29(34)23-12-13-25-26(18-23)32(19-20-8-10-22(11-9-20)21-6-4-3-5-7-21)27(31-25)28(33)30-24-14-16-38(35,36)17-15-24/h3-13,18,24H,2,14-17,19H2,1H3,(H,30,33). The molecule has 0 radical (unpaired) electrons. The Hall–Kier alpha value is -3.98. The van der Waals surface area contributed by atoms with E-state index in [1.165, 1.54) is 0 Å². The molecular formula is C29H29N3O5S. The van der Waals surface area contributed by atoms with Gasteiger partial charge in [0.05, 0.1) is 34.7 Å². The number of imidazole rings is 1. The molecule has 5 rings (SSSR count). The number of amides is 1. The number of aromatic nitrogens is 2. The van der Waals surface area contributed by atoms with Gasteiger partial charge in [0, 0.05) is 12.6 Å². The quantitative estimate of drug-likeness (QED) is 0.358. The first-order chi connectivity index (χ1) is 18.3. The van der Waals surface area contributed by atoms with E-state index in [0.29, 0.717) is 36.0 Å². The van der Waals surface area contributed by atoms with E-state index in [4.69, 9.17) is 4.74 Å². The maximum absolute atomic E-state index is 13.4. The summed E-state index contributed by atoms with van der Waals surface area (Å²) in [6, 6.07) is 23.0. The number of nitrogens with zero attached hydrogens (tertiary/aromatic N) is 2. The molecule has 0 atom stereocenters.